The quantitative estimate of drug-likeness (QED) is 0.861. The minimum Gasteiger partial charge on any atom is -0.345 e. The molecule has 7 heteroatoms. The van der Waals surface area contributed by atoms with E-state index in [1.54, 1.807) is 26.2 Å². The Morgan fingerprint density at radius 2 is 1.79 bits per heavy atom. The first-order chi connectivity index (χ1) is 13.2. The number of carbonyl (C=O) groups excluding carboxylic acids is 3. The SMILES string of the molecule is Cc1cc(C)cc(NC(=O)CN2C(=O)CSc3ccc(C(=O)N(C)C)cc32)c1. The summed E-state index contributed by atoms with van der Waals surface area (Å²) in [4.78, 5) is 41.2. The second-order valence-corrected chi connectivity index (χ2v) is 8.09. The van der Waals surface area contributed by atoms with E-state index in [4.69, 9.17) is 0 Å². The third kappa shape index (κ3) is 4.36. The molecule has 6 nitrogen and oxygen atoms in total. The summed E-state index contributed by atoms with van der Waals surface area (Å²) in [6.07, 6.45) is 0. The average Bonchev–Trinajstić information content (AvgIpc) is 2.62. The van der Waals surface area contributed by atoms with Gasteiger partial charge in [-0.3, -0.25) is 14.4 Å². The number of hydrogen-bond acceptors (Lipinski definition) is 4. The van der Waals surface area contributed by atoms with Crippen molar-refractivity contribution in [3.63, 3.8) is 0 Å². The third-order valence-corrected chi connectivity index (χ3v) is 5.41. The van der Waals surface area contributed by atoms with Crippen LogP contribution in [0.4, 0.5) is 11.4 Å². The van der Waals surface area contributed by atoms with Gasteiger partial charge in [0, 0.05) is 30.2 Å². The van der Waals surface area contributed by atoms with E-state index in [1.165, 1.54) is 21.6 Å². The van der Waals surface area contributed by atoms with Gasteiger partial charge in [0.1, 0.15) is 6.54 Å². The Bertz CT molecular complexity index is 936. The zero-order chi connectivity index (χ0) is 20.4. The van der Waals surface area contributed by atoms with E-state index in [0.717, 1.165) is 16.0 Å². The molecule has 0 bridgehead atoms. The molecule has 0 radical (unpaired) electrons. The van der Waals surface area contributed by atoms with Crippen LogP contribution in [0.2, 0.25) is 0 Å². The zero-order valence-corrected chi connectivity index (χ0v) is 17.2. The van der Waals surface area contributed by atoms with Crippen molar-refractivity contribution in [1.29, 1.82) is 0 Å². The highest BCUT2D eigenvalue weighted by Crippen LogP contribution is 2.36. The van der Waals surface area contributed by atoms with Crippen LogP contribution in [0, 0.1) is 13.8 Å². The predicted octanol–water partition coefficient (Wildman–Crippen LogP) is 3.08. The molecule has 0 unspecified atom stereocenters. The highest BCUT2D eigenvalue weighted by molar-refractivity contribution is 8.00. The van der Waals surface area contributed by atoms with Crippen LogP contribution in [-0.2, 0) is 9.59 Å². The number of rotatable bonds is 4. The summed E-state index contributed by atoms with van der Waals surface area (Å²) < 4.78 is 0. The maximum absolute atomic E-state index is 12.6. The first-order valence-corrected chi connectivity index (χ1v) is 9.90. The summed E-state index contributed by atoms with van der Waals surface area (Å²) in [5, 5.41) is 2.86. The molecule has 3 amide bonds. The van der Waals surface area contributed by atoms with E-state index in [1.807, 2.05) is 38.1 Å². The number of amides is 3. The number of thioether (sulfide) groups is 1. The summed E-state index contributed by atoms with van der Waals surface area (Å²) in [5.74, 6) is -0.307. The van der Waals surface area contributed by atoms with Gasteiger partial charge >= 0.3 is 0 Å². The molecule has 0 saturated heterocycles. The van der Waals surface area contributed by atoms with Crippen molar-refractivity contribution in [2.45, 2.75) is 18.7 Å². The number of anilines is 2. The van der Waals surface area contributed by atoms with Crippen LogP contribution < -0.4 is 10.2 Å². The van der Waals surface area contributed by atoms with Crippen molar-refractivity contribution in [3.8, 4) is 0 Å². The van der Waals surface area contributed by atoms with E-state index >= 15 is 0 Å². The summed E-state index contributed by atoms with van der Waals surface area (Å²) >= 11 is 1.42. The molecule has 28 heavy (non-hydrogen) atoms. The van der Waals surface area contributed by atoms with Crippen molar-refractivity contribution in [1.82, 2.24) is 4.90 Å². The fraction of sp³-hybridized carbons (Fsp3) is 0.286. The minimum atomic E-state index is -0.277. The van der Waals surface area contributed by atoms with Gasteiger partial charge in [0.2, 0.25) is 11.8 Å². The maximum atomic E-state index is 12.6. The number of carbonyl (C=O) groups is 3. The van der Waals surface area contributed by atoms with Crippen molar-refractivity contribution in [2.75, 3.05) is 36.6 Å². The Labute approximate surface area is 168 Å². The smallest absolute Gasteiger partial charge is 0.253 e. The van der Waals surface area contributed by atoms with Crippen LogP contribution in [0.25, 0.3) is 0 Å². The monoisotopic (exact) mass is 397 g/mol. The Hall–Kier alpha value is -2.80. The van der Waals surface area contributed by atoms with Gasteiger partial charge < -0.3 is 15.1 Å². The van der Waals surface area contributed by atoms with Crippen LogP contribution >= 0.6 is 11.8 Å². The van der Waals surface area contributed by atoms with Crippen molar-refractivity contribution >= 4 is 40.9 Å². The lowest BCUT2D eigenvalue weighted by atomic mass is 10.1. The van der Waals surface area contributed by atoms with Crippen molar-refractivity contribution in [2.24, 2.45) is 0 Å². The number of aryl methyl sites for hydroxylation is 2. The number of nitrogens with one attached hydrogen (secondary N) is 1. The van der Waals surface area contributed by atoms with Crippen LogP contribution in [0.15, 0.2) is 41.3 Å². The Balaban J connectivity index is 1.84. The van der Waals surface area contributed by atoms with E-state index in [2.05, 4.69) is 5.32 Å². The summed E-state index contributed by atoms with van der Waals surface area (Å²) in [6, 6.07) is 11.1. The molecule has 0 saturated carbocycles. The molecule has 1 heterocycles. The molecule has 2 aromatic rings. The van der Waals surface area contributed by atoms with E-state index < -0.39 is 0 Å². The first-order valence-electron chi connectivity index (χ1n) is 8.91. The fourth-order valence-corrected chi connectivity index (χ4v) is 4.07. The standard InChI is InChI=1S/C21H23N3O3S/c1-13-7-14(2)9-16(8-13)22-19(25)11-24-17-10-15(21(27)23(3)4)5-6-18(17)28-12-20(24)26/h5-10H,11-12H2,1-4H3,(H,22,25). The largest absolute Gasteiger partial charge is 0.345 e. The molecule has 2 aromatic carbocycles. The second kappa shape index (κ2) is 8.06. The Morgan fingerprint density at radius 3 is 2.43 bits per heavy atom. The highest BCUT2D eigenvalue weighted by atomic mass is 32.2. The van der Waals surface area contributed by atoms with Gasteiger partial charge in [-0.25, -0.2) is 0 Å². The third-order valence-electron chi connectivity index (χ3n) is 4.36. The lowest BCUT2D eigenvalue weighted by molar-refractivity contribution is -0.120. The highest BCUT2D eigenvalue weighted by Gasteiger charge is 2.27. The van der Waals surface area contributed by atoms with Gasteiger partial charge in [-0.05, 0) is 55.3 Å². The predicted molar refractivity (Wildman–Crippen MR) is 112 cm³/mol. The Kier molecular flexibility index (Phi) is 5.74. The van der Waals surface area contributed by atoms with Crippen LogP contribution in [-0.4, -0.2) is 49.0 Å². The molecule has 146 valence electrons. The molecular formula is C21H23N3O3S. The zero-order valence-electron chi connectivity index (χ0n) is 16.4. The van der Waals surface area contributed by atoms with Gasteiger partial charge in [-0.2, -0.15) is 0 Å². The molecular weight excluding hydrogens is 374 g/mol. The van der Waals surface area contributed by atoms with Gasteiger partial charge in [-0.1, -0.05) is 6.07 Å². The van der Waals surface area contributed by atoms with E-state index in [0.29, 0.717) is 16.9 Å². The number of benzene rings is 2. The molecule has 0 fully saturated rings. The number of fused-ring (bicyclic) bond motifs is 1. The van der Waals surface area contributed by atoms with E-state index in [9.17, 15) is 14.4 Å². The molecule has 1 aliphatic rings. The van der Waals surface area contributed by atoms with Crippen molar-refractivity contribution in [3.05, 3.63) is 53.1 Å². The summed E-state index contributed by atoms with van der Waals surface area (Å²) in [7, 11) is 3.35. The number of hydrogen-bond donors (Lipinski definition) is 1. The lowest BCUT2D eigenvalue weighted by Crippen LogP contribution is -2.41. The fourth-order valence-electron chi connectivity index (χ4n) is 3.16. The van der Waals surface area contributed by atoms with Gasteiger partial charge in [0.25, 0.3) is 5.91 Å². The molecule has 0 spiro atoms. The van der Waals surface area contributed by atoms with Gasteiger partial charge in [-0.15, -0.1) is 11.8 Å². The summed E-state index contributed by atoms with van der Waals surface area (Å²) in [6.45, 7) is 3.83. The normalized spacial score (nSPS) is 13.1. The number of nitrogens with zero attached hydrogens (tertiary/aromatic N) is 2. The summed E-state index contributed by atoms with van der Waals surface area (Å²) in [5.41, 5.74) is 3.90. The lowest BCUT2D eigenvalue weighted by Gasteiger charge is -2.29. The molecule has 0 atom stereocenters. The van der Waals surface area contributed by atoms with Crippen LogP contribution in [0.3, 0.4) is 0 Å². The van der Waals surface area contributed by atoms with Gasteiger partial charge in [0.15, 0.2) is 0 Å². The maximum Gasteiger partial charge on any atom is 0.253 e. The van der Waals surface area contributed by atoms with Crippen LogP contribution in [0.1, 0.15) is 21.5 Å². The van der Waals surface area contributed by atoms with E-state index in [-0.39, 0.29) is 30.0 Å². The van der Waals surface area contributed by atoms with Gasteiger partial charge in [0.05, 0.1) is 11.4 Å². The minimum absolute atomic E-state index is 0.0982. The molecule has 1 aliphatic heterocycles. The molecule has 1 N–H and O–H groups in total. The Morgan fingerprint density at radius 1 is 1.11 bits per heavy atom. The van der Waals surface area contributed by atoms with Crippen LogP contribution in [0.5, 0.6) is 0 Å². The molecule has 3 rings (SSSR count). The first kappa shape index (κ1) is 19.9. The molecule has 0 aliphatic carbocycles. The average molecular weight is 398 g/mol. The second-order valence-electron chi connectivity index (χ2n) is 7.08. The topological polar surface area (TPSA) is 69.7 Å². The van der Waals surface area contributed by atoms with Crippen molar-refractivity contribution < 1.29 is 14.4 Å². The molecule has 0 aromatic heterocycles.